The third kappa shape index (κ3) is 6.15. The van der Waals surface area contributed by atoms with Gasteiger partial charge in [-0.3, -0.25) is 0 Å². The van der Waals surface area contributed by atoms with Crippen molar-refractivity contribution < 1.29 is 0 Å². The molecule has 0 aliphatic heterocycles. The first kappa shape index (κ1) is 32.1. The fourth-order valence-electron chi connectivity index (χ4n) is 7.74. The van der Waals surface area contributed by atoms with Gasteiger partial charge in [-0.2, -0.15) is 0 Å². The number of allylic oxidation sites excluding steroid dienone is 11. The lowest BCUT2D eigenvalue weighted by Crippen LogP contribution is -2.21. The van der Waals surface area contributed by atoms with Crippen molar-refractivity contribution in [3.63, 3.8) is 0 Å². The second kappa shape index (κ2) is 14.0. The van der Waals surface area contributed by atoms with Crippen molar-refractivity contribution in [2.75, 3.05) is 11.9 Å². The average Bonchev–Trinajstić information content (AvgIpc) is 3.54. The Morgan fingerprint density at radius 3 is 2.27 bits per heavy atom. The first-order valence-electron chi connectivity index (χ1n) is 17.9. The summed E-state index contributed by atoms with van der Waals surface area (Å²) in [5.74, 6) is 0.255. The second-order valence-electron chi connectivity index (χ2n) is 13.4. The maximum atomic E-state index is 4.12. The largest absolute Gasteiger partial charge is 0.344 e. The van der Waals surface area contributed by atoms with Crippen LogP contribution in [0.1, 0.15) is 36.3 Å². The van der Waals surface area contributed by atoms with E-state index in [0.717, 1.165) is 36.1 Å². The van der Waals surface area contributed by atoms with E-state index in [0.29, 0.717) is 0 Å². The van der Waals surface area contributed by atoms with E-state index < -0.39 is 0 Å². The molecule has 2 aliphatic carbocycles. The van der Waals surface area contributed by atoms with E-state index in [9.17, 15) is 0 Å². The highest BCUT2D eigenvalue weighted by Gasteiger charge is 2.24. The van der Waals surface area contributed by atoms with Gasteiger partial charge in [0.15, 0.2) is 0 Å². The van der Waals surface area contributed by atoms with Crippen molar-refractivity contribution in [1.29, 1.82) is 0 Å². The summed E-state index contributed by atoms with van der Waals surface area (Å²) in [6.07, 6.45) is 20.7. The minimum atomic E-state index is 0.255. The summed E-state index contributed by atoms with van der Waals surface area (Å²) in [5, 5.41) is 2.58. The zero-order valence-corrected chi connectivity index (χ0v) is 29.2. The van der Waals surface area contributed by atoms with Gasteiger partial charge >= 0.3 is 0 Å². The molecule has 248 valence electrons. The Labute approximate surface area is 301 Å². The predicted octanol–water partition coefficient (Wildman–Crippen LogP) is 12.9. The molecule has 5 aromatic carbocycles. The van der Waals surface area contributed by atoms with Crippen LogP contribution in [0.5, 0.6) is 0 Å². The third-order valence-corrected chi connectivity index (χ3v) is 10.3. The van der Waals surface area contributed by atoms with Crippen LogP contribution >= 0.6 is 0 Å². The molecule has 1 aromatic heterocycles. The van der Waals surface area contributed by atoms with Crippen molar-refractivity contribution in [1.82, 2.24) is 4.57 Å². The van der Waals surface area contributed by atoms with E-state index in [4.69, 9.17) is 0 Å². The molecule has 0 spiro atoms. The van der Waals surface area contributed by atoms with Gasteiger partial charge in [-0.05, 0) is 113 Å². The Kier molecular flexibility index (Phi) is 8.82. The molecule has 0 saturated carbocycles. The fraction of sp³-hybridized carbons (Fsp3) is 0.102. The van der Waals surface area contributed by atoms with Gasteiger partial charge in [-0.25, -0.2) is 0 Å². The van der Waals surface area contributed by atoms with Crippen molar-refractivity contribution in [3.05, 3.63) is 211 Å². The summed E-state index contributed by atoms with van der Waals surface area (Å²) in [5.41, 5.74) is 14.6. The first-order chi connectivity index (χ1) is 25.1. The van der Waals surface area contributed by atoms with Crippen molar-refractivity contribution in [3.8, 4) is 16.8 Å². The lowest BCUT2D eigenvalue weighted by atomic mass is 9.82. The van der Waals surface area contributed by atoms with E-state index in [1.165, 1.54) is 61.0 Å². The molecule has 0 bridgehead atoms. The summed E-state index contributed by atoms with van der Waals surface area (Å²) < 4.78 is 2.39. The number of nitrogens with zero attached hydrogens (tertiary/aromatic N) is 2. The highest BCUT2D eigenvalue weighted by molar-refractivity contribution is 6.09. The minimum absolute atomic E-state index is 0.255. The van der Waals surface area contributed by atoms with Gasteiger partial charge in [0.25, 0.3) is 0 Å². The number of anilines is 1. The summed E-state index contributed by atoms with van der Waals surface area (Å²) in [7, 11) is 2.20. The number of aromatic nitrogens is 1. The summed E-state index contributed by atoms with van der Waals surface area (Å²) in [6, 6.07) is 44.0. The molecule has 2 heteroatoms. The van der Waals surface area contributed by atoms with Crippen LogP contribution in [0.15, 0.2) is 200 Å². The zero-order chi connectivity index (χ0) is 34.7. The van der Waals surface area contributed by atoms with E-state index in [2.05, 4.69) is 181 Å². The summed E-state index contributed by atoms with van der Waals surface area (Å²) >= 11 is 0. The zero-order valence-electron chi connectivity index (χ0n) is 29.2. The van der Waals surface area contributed by atoms with Crippen LogP contribution in [-0.2, 0) is 0 Å². The van der Waals surface area contributed by atoms with Gasteiger partial charge < -0.3 is 9.47 Å². The Bertz CT molecular complexity index is 2430. The standard InChI is InChI=1S/C49H42N2/c1-4-17-35(5-2)40-30-41(36-18-9-6-10-19-36)32-43(31-40)50(3)47-28-26-38(33-45(47)37-20-11-7-12-21-37)39-27-29-49-46(34-39)44-24-15-16-25-48(44)51(49)42-22-13-8-14-23-42/h4-6,8-11,13-32,34,38H,1-2,7,12,33H2,3H3/b35-17+. The number of fused-ring (bicyclic) bond motifs is 3. The van der Waals surface area contributed by atoms with E-state index in [1.54, 1.807) is 0 Å². The number of hydrogen-bond acceptors (Lipinski definition) is 1. The normalized spacial score (nSPS) is 16.1. The van der Waals surface area contributed by atoms with Crippen LogP contribution in [0.2, 0.25) is 0 Å². The SMILES string of the molecule is C=C/C=C(\C=C)c1cc(-c2ccccc2)cc(N(C)C2=C(C3=CCCC=C3)CC(c3ccc4c(c3)c3ccccc3n4-c3ccccc3)C=C2)c1. The van der Waals surface area contributed by atoms with Gasteiger partial charge in [0.05, 0.1) is 11.0 Å². The van der Waals surface area contributed by atoms with Crippen LogP contribution in [0.4, 0.5) is 5.69 Å². The Balaban J connectivity index is 1.22. The molecule has 0 N–H and O–H groups in total. The third-order valence-electron chi connectivity index (χ3n) is 10.3. The Morgan fingerprint density at radius 1 is 0.745 bits per heavy atom. The van der Waals surface area contributed by atoms with E-state index in [1.807, 2.05) is 18.2 Å². The first-order valence-corrected chi connectivity index (χ1v) is 17.9. The maximum Gasteiger partial charge on any atom is 0.0541 e. The molecule has 0 saturated heterocycles. The summed E-state index contributed by atoms with van der Waals surface area (Å²) in [4.78, 5) is 2.37. The second-order valence-corrected chi connectivity index (χ2v) is 13.4. The molecule has 51 heavy (non-hydrogen) atoms. The quantitative estimate of drug-likeness (QED) is 0.140. The number of hydrogen-bond donors (Lipinski definition) is 0. The minimum Gasteiger partial charge on any atom is -0.344 e. The number of rotatable bonds is 9. The molecule has 2 nitrogen and oxygen atoms in total. The molecule has 1 unspecified atom stereocenters. The Morgan fingerprint density at radius 2 is 1.51 bits per heavy atom. The van der Waals surface area contributed by atoms with Gasteiger partial charge in [-0.15, -0.1) is 0 Å². The lowest BCUT2D eigenvalue weighted by Gasteiger charge is -2.31. The average molecular weight is 659 g/mol. The van der Waals surface area contributed by atoms with Crippen molar-refractivity contribution >= 4 is 33.1 Å². The topological polar surface area (TPSA) is 8.17 Å². The van der Waals surface area contributed by atoms with Crippen molar-refractivity contribution in [2.45, 2.75) is 25.2 Å². The monoisotopic (exact) mass is 658 g/mol. The van der Waals surface area contributed by atoms with Crippen molar-refractivity contribution in [2.24, 2.45) is 0 Å². The molecule has 6 aromatic rings. The smallest absolute Gasteiger partial charge is 0.0541 e. The van der Waals surface area contributed by atoms with E-state index in [-0.39, 0.29) is 5.92 Å². The molecule has 0 radical (unpaired) electrons. The number of benzene rings is 5. The highest BCUT2D eigenvalue weighted by Crippen LogP contribution is 2.42. The predicted molar refractivity (Wildman–Crippen MR) is 219 cm³/mol. The molecule has 0 amide bonds. The molecular formula is C49H42N2. The molecule has 8 rings (SSSR count). The van der Waals surface area contributed by atoms with Gasteiger partial charge in [0, 0.05) is 40.8 Å². The molecule has 1 atom stereocenters. The van der Waals surface area contributed by atoms with Crippen LogP contribution < -0.4 is 4.90 Å². The van der Waals surface area contributed by atoms with Crippen LogP contribution in [0, 0.1) is 0 Å². The van der Waals surface area contributed by atoms with Gasteiger partial charge in [0.1, 0.15) is 0 Å². The molecule has 2 aliphatic rings. The number of para-hydroxylation sites is 2. The van der Waals surface area contributed by atoms with E-state index >= 15 is 0 Å². The number of likely N-dealkylation sites (N-methyl/N-ethyl adjacent to an activating group) is 1. The summed E-state index contributed by atoms with van der Waals surface area (Å²) in [6.45, 7) is 8.08. The highest BCUT2D eigenvalue weighted by atomic mass is 15.1. The van der Waals surface area contributed by atoms with Gasteiger partial charge in [-0.1, -0.05) is 128 Å². The molecule has 1 heterocycles. The molecular weight excluding hydrogens is 617 g/mol. The molecule has 0 fully saturated rings. The lowest BCUT2D eigenvalue weighted by molar-refractivity contribution is 0.800. The van der Waals surface area contributed by atoms with Gasteiger partial charge in [0.2, 0.25) is 0 Å². The maximum absolute atomic E-state index is 4.12. The Hall–Kier alpha value is -6.12. The fourth-order valence-corrected chi connectivity index (χ4v) is 7.74. The van der Waals surface area contributed by atoms with Crippen LogP contribution in [0.25, 0.3) is 44.2 Å². The van der Waals surface area contributed by atoms with Crippen LogP contribution in [0.3, 0.4) is 0 Å². The van der Waals surface area contributed by atoms with Crippen LogP contribution in [-0.4, -0.2) is 11.6 Å².